The van der Waals surface area contributed by atoms with Gasteiger partial charge in [0.25, 0.3) is 5.56 Å². The Labute approximate surface area is 104 Å². The molecule has 2 rings (SSSR count). The van der Waals surface area contributed by atoms with Crippen molar-refractivity contribution < 1.29 is 5.11 Å². The molecule has 4 nitrogen and oxygen atoms in total. The van der Waals surface area contributed by atoms with E-state index in [4.69, 9.17) is 11.6 Å². The predicted molar refractivity (Wildman–Crippen MR) is 64.2 cm³/mol. The zero-order chi connectivity index (χ0) is 11.7. The molecule has 82 valence electrons. The highest BCUT2D eigenvalue weighted by atomic mass is 79.9. The van der Waals surface area contributed by atoms with Crippen molar-refractivity contribution in [1.82, 2.24) is 9.78 Å². The van der Waals surface area contributed by atoms with Crippen molar-refractivity contribution in [3.8, 4) is 11.4 Å². The highest BCUT2D eigenvalue weighted by molar-refractivity contribution is 9.10. The van der Waals surface area contributed by atoms with Crippen molar-refractivity contribution >= 4 is 27.5 Å². The number of nitrogens with zero attached hydrogens (tertiary/aromatic N) is 2. The van der Waals surface area contributed by atoms with E-state index < -0.39 is 5.56 Å². The van der Waals surface area contributed by atoms with Crippen molar-refractivity contribution in [3.05, 3.63) is 50.3 Å². The van der Waals surface area contributed by atoms with Crippen LogP contribution in [0.5, 0.6) is 5.75 Å². The van der Waals surface area contributed by atoms with Crippen LogP contribution in [0, 0.1) is 0 Å². The molecular weight excluding hydrogens is 295 g/mol. The van der Waals surface area contributed by atoms with Crippen LogP contribution in [0.4, 0.5) is 0 Å². The lowest BCUT2D eigenvalue weighted by molar-refractivity contribution is 0.463. The summed E-state index contributed by atoms with van der Waals surface area (Å²) in [6.45, 7) is 0. The van der Waals surface area contributed by atoms with E-state index in [0.29, 0.717) is 10.7 Å². The fraction of sp³-hybridized carbons (Fsp3) is 0. The van der Waals surface area contributed by atoms with Gasteiger partial charge in [0.05, 0.1) is 11.9 Å². The Kier molecular flexibility index (Phi) is 2.98. The maximum Gasteiger partial charge on any atom is 0.289 e. The molecule has 0 fully saturated rings. The Morgan fingerprint density at radius 3 is 2.56 bits per heavy atom. The van der Waals surface area contributed by atoms with Crippen molar-refractivity contribution in [2.45, 2.75) is 0 Å². The standard InChI is InChI=1S/C10H6BrClN2O2/c11-9-8(15)5-13-14(10(9)16)7-3-1-6(12)2-4-7/h1-5,15H. The molecule has 0 aliphatic rings. The quantitative estimate of drug-likeness (QED) is 0.879. The summed E-state index contributed by atoms with van der Waals surface area (Å²) < 4.78 is 1.25. The van der Waals surface area contributed by atoms with E-state index in [1.165, 1.54) is 10.9 Å². The minimum absolute atomic E-state index is 0.0810. The third-order valence-electron chi connectivity index (χ3n) is 1.97. The number of aromatic nitrogens is 2. The van der Waals surface area contributed by atoms with Crippen LogP contribution in [0.1, 0.15) is 0 Å². The van der Waals surface area contributed by atoms with Gasteiger partial charge in [0.2, 0.25) is 0 Å². The number of aromatic hydroxyl groups is 1. The first-order chi connectivity index (χ1) is 7.59. The minimum atomic E-state index is -0.428. The van der Waals surface area contributed by atoms with Gasteiger partial charge in [0.15, 0.2) is 5.75 Å². The van der Waals surface area contributed by atoms with Gasteiger partial charge in [0, 0.05) is 5.02 Å². The molecule has 0 saturated heterocycles. The van der Waals surface area contributed by atoms with Crippen LogP contribution in [0.2, 0.25) is 5.02 Å². The van der Waals surface area contributed by atoms with Crippen LogP contribution in [0.25, 0.3) is 5.69 Å². The van der Waals surface area contributed by atoms with E-state index in [0.717, 1.165) is 0 Å². The Morgan fingerprint density at radius 2 is 1.94 bits per heavy atom. The fourth-order valence-corrected chi connectivity index (χ4v) is 1.59. The maximum atomic E-state index is 11.7. The van der Waals surface area contributed by atoms with E-state index in [1.807, 2.05) is 0 Å². The number of rotatable bonds is 1. The van der Waals surface area contributed by atoms with Crippen molar-refractivity contribution in [2.24, 2.45) is 0 Å². The SMILES string of the molecule is O=c1c(Br)c(O)cnn1-c1ccc(Cl)cc1. The molecule has 0 bridgehead atoms. The molecule has 0 radical (unpaired) electrons. The zero-order valence-corrected chi connectivity index (χ0v) is 10.2. The molecule has 1 aromatic heterocycles. The topological polar surface area (TPSA) is 55.1 Å². The Bertz CT molecular complexity index is 580. The van der Waals surface area contributed by atoms with Gasteiger partial charge in [-0.1, -0.05) is 11.6 Å². The molecule has 0 saturated carbocycles. The molecule has 0 aliphatic heterocycles. The van der Waals surface area contributed by atoms with Gasteiger partial charge >= 0.3 is 0 Å². The van der Waals surface area contributed by atoms with Gasteiger partial charge in [-0.05, 0) is 40.2 Å². The Morgan fingerprint density at radius 1 is 1.31 bits per heavy atom. The van der Waals surface area contributed by atoms with Gasteiger partial charge in [-0.25, -0.2) is 0 Å². The molecule has 0 amide bonds. The molecule has 0 atom stereocenters. The lowest BCUT2D eigenvalue weighted by atomic mass is 10.3. The van der Waals surface area contributed by atoms with E-state index in [1.54, 1.807) is 24.3 Å². The summed E-state index contributed by atoms with van der Waals surface area (Å²) in [5.41, 5.74) is 0.150. The molecule has 6 heteroatoms. The van der Waals surface area contributed by atoms with Gasteiger partial charge < -0.3 is 5.11 Å². The third-order valence-corrected chi connectivity index (χ3v) is 2.97. The molecule has 0 unspecified atom stereocenters. The molecule has 1 aromatic carbocycles. The summed E-state index contributed by atoms with van der Waals surface area (Å²) in [4.78, 5) is 11.7. The zero-order valence-electron chi connectivity index (χ0n) is 7.89. The monoisotopic (exact) mass is 300 g/mol. The molecular formula is C10H6BrClN2O2. The number of halogens is 2. The molecule has 1 heterocycles. The van der Waals surface area contributed by atoms with Crippen molar-refractivity contribution in [2.75, 3.05) is 0 Å². The first kappa shape index (κ1) is 11.2. The van der Waals surface area contributed by atoms with E-state index in [9.17, 15) is 9.90 Å². The third kappa shape index (κ3) is 1.96. The van der Waals surface area contributed by atoms with E-state index in [-0.39, 0.29) is 10.2 Å². The first-order valence-corrected chi connectivity index (χ1v) is 5.49. The average Bonchev–Trinajstić information content (AvgIpc) is 2.28. The second-order valence-corrected chi connectivity index (χ2v) is 4.27. The summed E-state index contributed by atoms with van der Waals surface area (Å²) in [7, 11) is 0. The average molecular weight is 302 g/mol. The molecule has 2 aromatic rings. The lowest BCUT2D eigenvalue weighted by Gasteiger charge is -2.05. The first-order valence-electron chi connectivity index (χ1n) is 4.32. The van der Waals surface area contributed by atoms with E-state index in [2.05, 4.69) is 21.0 Å². The molecule has 0 spiro atoms. The Hall–Kier alpha value is -1.33. The van der Waals surface area contributed by atoms with Crippen LogP contribution >= 0.6 is 27.5 Å². The van der Waals surface area contributed by atoms with Gasteiger partial charge in [0.1, 0.15) is 4.47 Å². The molecule has 0 aliphatic carbocycles. The van der Waals surface area contributed by atoms with Crippen LogP contribution in [0.3, 0.4) is 0 Å². The van der Waals surface area contributed by atoms with Crippen molar-refractivity contribution in [3.63, 3.8) is 0 Å². The summed E-state index contributed by atoms with van der Waals surface area (Å²) in [6, 6.07) is 6.65. The normalized spacial score (nSPS) is 10.4. The smallest absolute Gasteiger partial charge is 0.289 e. The minimum Gasteiger partial charge on any atom is -0.505 e. The fourth-order valence-electron chi connectivity index (χ4n) is 1.19. The summed E-state index contributed by atoms with van der Waals surface area (Å²) >= 11 is 8.73. The van der Waals surface area contributed by atoms with Crippen molar-refractivity contribution in [1.29, 1.82) is 0 Å². The summed E-state index contributed by atoms with van der Waals surface area (Å²) in [5.74, 6) is -0.185. The largest absolute Gasteiger partial charge is 0.505 e. The Balaban J connectivity index is 2.61. The number of benzene rings is 1. The van der Waals surface area contributed by atoms with Crippen LogP contribution < -0.4 is 5.56 Å². The predicted octanol–water partition coefficient (Wildman–Crippen LogP) is 2.35. The molecule has 16 heavy (non-hydrogen) atoms. The number of hydrogen-bond acceptors (Lipinski definition) is 3. The second kappa shape index (κ2) is 4.27. The summed E-state index contributed by atoms with van der Waals surface area (Å²) in [6.07, 6.45) is 1.19. The lowest BCUT2D eigenvalue weighted by Crippen LogP contribution is -2.21. The summed E-state index contributed by atoms with van der Waals surface area (Å²) in [5, 5.41) is 13.7. The van der Waals surface area contributed by atoms with Gasteiger partial charge in [-0.15, -0.1) is 0 Å². The highest BCUT2D eigenvalue weighted by Crippen LogP contribution is 2.18. The van der Waals surface area contributed by atoms with Crippen LogP contribution in [-0.2, 0) is 0 Å². The van der Waals surface area contributed by atoms with Crippen LogP contribution in [-0.4, -0.2) is 14.9 Å². The second-order valence-electron chi connectivity index (χ2n) is 3.04. The molecule has 1 N–H and O–H groups in total. The van der Waals surface area contributed by atoms with Crippen LogP contribution in [0.15, 0.2) is 39.7 Å². The maximum absolute atomic E-state index is 11.7. The highest BCUT2D eigenvalue weighted by Gasteiger charge is 2.08. The van der Waals surface area contributed by atoms with Gasteiger partial charge in [-0.3, -0.25) is 4.79 Å². The number of hydrogen-bond donors (Lipinski definition) is 1. The van der Waals surface area contributed by atoms with E-state index >= 15 is 0 Å². The van der Waals surface area contributed by atoms with Gasteiger partial charge in [-0.2, -0.15) is 9.78 Å².